The summed E-state index contributed by atoms with van der Waals surface area (Å²) in [5, 5.41) is 2.29. The van der Waals surface area contributed by atoms with Gasteiger partial charge in [0.2, 0.25) is 5.13 Å². The van der Waals surface area contributed by atoms with Crippen LogP contribution in [0.2, 0.25) is 0 Å². The Labute approximate surface area is 125 Å². The first-order chi connectivity index (χ1) is 10.0. The molecule has 0 saturated heterocycles. The van der Waals surface area contributed by atoms with Gasteiger partial charge in [0.15, 0.2) is 5.96 Å². The average Bonchev–Trinajstić information content (AvgIpc) is 2.93. The van der Waals surface area contributed by atoms with E-state index in [1.165, 1.54) is 18.4 Å². The van der Waals surface area contributed by atoms with E-state index in [-0.39, 0.29) is 5.96 Å². The summed E-state index contributed by atoms with van der Waals surface area (Å²) in [6, 6.07) is 6.38. The molecule has 1 aromatic heterocycles. The highest BCUT2D eigenvalue weighted by molar-refractivity contribution is 7.13. The lowest BCUT2D eigenvalue weighted by Gasteiger charge is -2.10. The first-order valence-corrected chi connectivity index (χ1v) is 6.88. The van der Waals surface area contributed by atoms with Gasteiger partial charge in [0.1, 0.15) is 6.04 Å². The maximum absolute atomic E-state index is 11.5. The Morgan fingerprint density at radius 3 is 2.86 bits per heavy atom. The molecule has 0 amide bonds. The molecule has 110 valence electrons. The summed E-state index contributed by atoms with van der Waals surface area (Å²) in [7, 11) is 1.30. The molecule has 1 heterocycles. The van der Waals surface area contributed by atoms with Gasteiger partial charge in [-0.1, -0.05) is 18.2 Å². The summed E-state index contributed by atoms with van der Waals surface area (Å²) in [4.78, 5) is 19.7. The maximum atomic E-state index is 11.5. The Morgan fingerprint density at radius 1 is 1.43 bits per heavy atom. The Kier molecular flexibility index (Phi) is 4.51. The number of rotatable bonds is 4. The number of thiazole rings is 1. The van der Waals surface area contributed by atoms with E-state index in [1.807, 2.05) is 11.4 Å². The fraction of sp³-hybridized carbons (Fsp3) is 0.154. The second-order valence-corrected chi connectivity index (χ2v) is 5.01. The van der Waals surface area contributed by atoms with Gasteiger partial charge in [0.25, 0.3) is 0 Å². The van der Waals surface area contributed by atoms with E-state index in [9.17, 15) is 4.79 Å². The molecule has 0 radical (unpaired) electrons. The zero-order valence-corrected chi connectivity index (χ0v) is 12.1. The minimum absolute atomic E-state index is 0.0441. The van der Waals surface area contributed by atoms with Gasteiger partial charge in [0, 0.05) is 10.9 Å². The molecule has 0 bridgehead atoms. The lowest BCUT2D eigenvalue weighted by Crippen LogP contribution is -2.22. The van der Waals surface area contributed by atoms with Crippen LogP contribution in [0, 0.1) is 0 Å². The van der Waals surface area contributed by atoms with Crippen LogP contribution in [0.3, 0.4) is 0 Å². The quantitative estimate of drug-likeness (QED) is 0.437. The van der Waals surface area contributed by atoms with Gasteiger partial charge in [-0.3, -0.25) is 4.79 Å². The largest absolute Gasteiger partial charge is 0.468 e. The molecule has 1 atom stereocenters. The van der Waals surface area contributed by atoms with E-state index in [4.69, 9.17) is 17.2 Å². The summed E-state index contributed by atoms with van der Waals surface area (Å²) < 4.78 is 4.64. The molecule has 0 saturated carbocycles. The number of nitrogens with zero attached hydrogens (tertiary/aromatic N) is 2. The molecule has 6 N–H and O–H groups in total. The van der Waals surface area contributed by atoms with Crippen LogP contribution in [-0.2, 0) is 9.53 Å². The third-order valence-electron chi connectivity index (χ3n) is 2.71. The second-order valence-electron chi connectivity index (χ2n) is 4.18. The smallest absolute Gasteiger partial charge is 0.327 e. The molecule has 2 rings (SSSR count). The third-order valence-corrected chi connectivity index (χ3v) is 3.45. The number of benzene rings is 1. The van der Waals surface area contributed by atoms with Crippen LogP contribution in [0.15, 0.2) is 34.6 Å². The first kappa shape index (κ1) is 14.9. The summed E-state index contributed by atoms with van der Waals surface area (Å²) in [6.45, 7) is 0. The van der Waals surface area contributed by atoms with Crippen LogP contribution in [0.5, 0.6) is 0 Å². The normalized spacial score (nSPS) is 11.7. The van der Waals surface area contributed by atoms with Gasteiger partial charge in [0.05, 0.1) is 12.8 Å². The van der Waals surface area contributed by atoms with E-state index in [1.54, 1.807) is 18.2 Å². The van der Waals surface area contributed by atoms with Crippen LogP contribution < -0.4 is 17.2 Å². The standard InChI is InChI=1S/C13H15N5O2S/c1-20-11(19)10(14)8-4-2-3-7(5-8)9-6-21-13(17-9)18-12(15)16/h2-6,10H,14H2,1H3,(H4,15,16,17,18). The number of ether oxygens (including phenoxy) is 1. The Morgan fingerprint density at radius 2 is 2.19 bits per heavy atom. The van der Waals surface area contributed by atoms with E-state index < -0.39 is 12.0 Å². The van der Waals surface area contributed by atoms with Crippen LogP contribution in [0.25, 0.3) is 11.3 Å². The minimum Gasteiger partial charge on any atom is -0.468 e. The molecule has 0 aliphatic rings. The molecule has 1 aromatic carbocycles. The van der Waals surface area contributed by atoms with Crippen LogP contribution in [0.4, 0.5) is 5.13 Å². The van der Waals surface area contributed by atoms with Gasteiger partial charge in [-0.05, 0) is 11.6 Å². The molecule has 0 aliphatic carbocycles. The third kappa shape index (κ3) is 3.56. The monoisotopic (exact) mass is 305 g/mol. The SMILES string of the molecule is COC(=O)C(N)c1cccc(-c2csc(N=C(N)N)n2)c1. The van der Waals surface area contributed by atoms with Crippen molar-refractivity contribution < 1.29 is 9.53 Å². The van der Waals surface area contributed by atoms with Crippen LogP contribution >= 0.6 is 11.3 Å². The lowest BCUT2D eigenvalue weighted by molar-refractivity contribution is -0.142. The second kappa shape index (κ2) is 6.33. The Balaban J connectivity index is 2.31. The van der Waals surface area contributed by atoms with Crippen LogP contribution in [0.1, 0.15) is 11.6 Å². The Bertz CT molecular complexity index is 679. The number of aromatic nitrogens is 1. The average molecular weight is 305 g/mol. The predicted molar refractivity (Wildman–Crippen MR) is 82.0 cm³/mol. The lowest BCUT2D eigenvalue weighted by atomic mass is 10.0. The predicted octanol–water partition coefficient (Wildman–Crippen LogP) is 0.888. The molecule has 2 aromatic rings. The number of aliphatic imine (C=N–C) groups is 1. The molecule has 7 nitrogen and oxygen atoms in total. The number of carbonyl (C=O) groups is 1. The highest BCUT2D eigenvalue weighted by Crippen LogP contribution is 2.28. The van der Waals surface area contributed by atoms with Crippen LogP contribution in [-0.4, -0.2) is 24.0 Å². The highest BCUT2D eigenvalue weighted by atomic mass is 32.1. The number of methoxy groups -OCH3 is 1. The van der Waals surface area contributed by atoms with E-state index >= 15 is 0 Å². The maximum Gasteiger partial charge on any atom is 0.327 e. The van der Waals surface area contributed by atoms with Crippen molar-refractivity contribution in [2.45, 2.75) is 6.04 Å². The van der Waals surface area contributed by atoms with Crippen molar-refractivity contribution >= 4 is 28.4 Å². The van der Waals surface area contributed by atoms with Crippen molar-refractivity contribution in [3.63, 3.8) is 0 Å². The number of guanidine groups is 1. The number of hydrogen-bond donors (Lipinski definition) is 3. The van der Waals surface area contributed by atoms with Gasteiger partial charge in [-0.15, -0.1) is 11.3 Å². The van der Waals surface area contributed by atoms with Crippen molar-refractivity contribution in [3.05, 3.63) is 35.2 Å². The van der Waals surface area contributed by atoms with Gasteiger partial charge < -0.3 is 21.9 Å². The van der Waals surface area contributed by atoms with Crippen molar-refractivity contribution in [2.75, 3.05) is 7.11 Å². The number of carbonyl (C=O) groups excluding carboxylic acids is 1. The van der Waals surface area contributed by atoms with Gasteiger partial charge in [-0.2, -0.15) is 4.99 Å². The molecule has 8 heteroatoms. The summed E-state index contributed by atoms with van der Waals surface area (Å²) in [5.41, 5.74) is 18.6. The zero-order valence-electron chi connectivity index (χ0n) is 11.3. The molecule has 21 heavy (non-hydrogen) atoms. The molecule has 0 aliphatic heterocycles. The molecular weight excluding hydrogens is 290 g/mol. The van der Waals surface area contributed by atoms with Crippen molar-refractivity contribution in [2.24, 2.45) is 22.2 Å². The first-order valence-electron chi connectivity index (χ1n) is 6.00. The summed E-state index contributed by atoms with van der Waals surface area (Å²) in [6.07, 6.45) is 0. The van der Waals surface area contributed by atoms with Crippen molar-refractivity contribution in [1.82, 2.24) is 4.98 Å². The highest BCUT2D eigenvalue weighted by Gasteiger charge is 2.17. The van der Waals surface area contributed by atoms with Gasteiger partial charge in [-0.25, -0.2) is 4.98 Å². The van der Waals surface area contributed by atoms with E-state index in [0.717, 1.165) is 5.56 Å². The molecule has 0 spiro atoms. The Hall–Kier alpha value is -2.45. The number of nitrogens with two attached hydrogens (primary N) is 3. The topological polar surface area (TPSA) is 130 Å². The van der Waals surface area contributed by atoms with E-state index in [0.29, 0.717) is 16.4 Å². The molecule has 1 unspecified atom stereocenters. The molecular formula is C13H15N5O2S. The fourth-order valence-electron chi connectivity index (χ4n) is 1.71. The fourth-order valence-corrected chi connectivity index (χ4v) is 2.43. The number of esters is 1. The van der Waals surface area contributed by atoms with Crippen molar-refractivity contribution in [3.8, 4) is 11.3 Å². The zero-order chi connectivity index (χ0) is 15.4. The van der Waals surface area contributed by atoms with E-state index in [2.05, 4.69) is 14.7 Å². The number of hydrogen-bond acceptors (Lipinski definition) is 6. The van der Waals surface area contributed by atoms with Gasteiger partial charge >= 0.3 is 5.97 Å². The summed E-state index contributed by atoms with van der Waals surface area (Å²) in [5.74, 6) is -0.538. The summed E-state index contributed by atoms with van der Waals surface area (Å²) >= 11 is 1.32. The molecule has 0 fully saturated rings. The minimum atomic E-state index is -0.828. The van der Waals surface area contributed by atoms with Crippen molar-refractivity contribution in [1.29, 1.82) is 0 Å².